The zero-order valence-electron chi connectivity index (χ0n) is 11.1. The van der Waals surface area contributed by atoms with Crippen LogP contribution in [0.15, 0.2) is 71.6 Å². The standard InChI is InChI=1S/C16H17NO2S/c17-20(18,19)16(13-15-9-5-2-6-10-15)12-11-14-7-3-1-4-8-14/h1-10,12H,11,13H2,(H2,17,18,19)/b16-12-. The van der Waals surface area contributed by atoms with Crippen LogP contribution in [0.1, 0.15) is 11.1 Å². The summed E-state index contributed by atoms with van der Waals surface area (Å²) in [4.78, 5) is 0.257. The van der Waals surface area contributed by atoms with Crippen molar-refractivity contribution in [2.24, 2.45) is 5.14 Å². The number of rotatable bonds is 5. The zero-order valence-corrected chi connectivity index (χ0v) is 11.9. The van der Waals surface area contributed by atoms with Crippen LogP contribution < -0.4 is 5.14 Å². The third-order valence-corrected chi connectivity index (χ3v) is 4.04. The number of benzene rings is 2. The fourth-order valence-corrected chi connectivity index (χ4v) is 2.62. The van der Waals surface area contributed by atoms with Crippen molar-refractivity contribution in [2.75, 3.05) is 0 Å². The van der Waals surface area contributed by atoms with E-state index in [0.717, 1.165) is 11.1 Å². The van der Waals surface area contributed by atoms with Gasteiger partial charge in [0.25, 0.3) is 0 Å². The molecule has 0 bridgehead atoms. The number of hydrogen-bond donors (Lipinski definition) is 1. The Kier molecular flexibility index (Phi) is 4.71. The zero-order chi connectivity index (χ0) is 14.4. The molecule has 3 nitrogen and oxygen atoms in total. The maximum atomic E-state index is 11.7. The molecule has 0 aliphatic heterocycles. The Bertz CT molecular complexity index is 677. The Labute approximate surface area is 119 Å². The normalized spacial score (nSPS) is 12.3. The van der Waals surface area contributed by atoms with Gasteiger partial charge in [0, 0.05) is 6.42 Å². The number of hydrogen-bond acceptors (Lipinski definition) is 2. The van der Waals surface area contributed by atoms with Gasteiger partial charge in [-0.3, -0.25) is 0 Å². The molecule has 0 unspecified atom stereocenters. The van der Waals surface area contributed by atoms with E-state index in [0.29, 0.717) is 12.8 Å². The van der Waals surface area contributed by atoms with Crippen molar-refractivity contribution in [3.63, 3.8) is 0 Å². The van der Waals surface area contributed by atoms with E-state index >= 15 is 0 Å². The van der Waals surface area contributed by atoms with Crippen LogP contribution in [0, 0.1) is 0 Å². The first-order valence-corrected chi connectivity index (χ1v) is 7.90. The summed E-state index contributed by atoms with van der Waals surface area (Å²) in [5, 5.41) is 5.30. The van der Waals surface area contributed by atoms with Gasteiger partial charge in [-0.25, -0.2) is 13.6 Å². The molecule has 20 heavy (non-hydrogen) atoms. The average Bonchev–Trinajstić information content (AvgIpc) is 2.44. The Morgan fingerprint density at radius 3 is 1.90 bits per heavy atom. The Hall–Kier alpha value is -1.91. The molecule has 104 valence electrons. The first-order valence-electron chi connectivity index (χ1n) is 6.35. The molecule has 0 saturated carbocycles. The first-order chi connectivity index (χ1) is 9.55. The van der Waals surface area contributed by atoms with Gasteiger partial charge in [-0.15, -0.1) is 0 Å². The first kappa shape index (κ1) is 14.5. The molecule has 0 aromatic heterocycles. The third kappa shape index (κ3) is 4.33. The van der Waals surface area contributed by atoms with E-state index < -0.39 is 10.0 Å². The summed E-state index contributed by atoms with van der Waals surface area (Å²) in [7, 11) is -3.67. The lowest BCUT2D eigenvalue weighted by Crippen LogP contribution is -2.16. The highest BCUT2D eigenvalue weighted by Gasteiger charge is 2.12. The van der Waals surface area contributed by atoms with Crippen LogP contribution in [0.2, 0.25) is 0 Å². The van der Waals surface area contributed by atoms with Crippen molar-refractivity contribution < 1.29 is 8.42 Å². The highest BCUT2D eigenvalue weighted by atomic mass is 32.2. The largest absolute Gasteiger partial charge is 0.234 e. The van der Waals surface area contributed by atoms with Gasteiger partial charge in [-0.05, 0) is 17.5 Å². The smallest absolute Gasteiger partial charge is 0.225 e. The van der Waals surface area contributed by atoms with Crippen LogP contribution in [0.25, 0.3) is 0 Å². The second-order valence-electron chi connectivity index (χ2n) is 4.57. The SMILES string of the molecule is NS(=O)(=O)/C(=C\Cc1ccccc1)Cc1ccccc1. The molecule has 0 fully saturated rings. The molecule has 0 amide bonds. The van der Waals surface area contributed by atoms with Gasteiger partial charge in [0.2, 0.25) is 10.0 Å². The summed E-state index contributed by atoms with van der Waals surface area (Å²) in [5.41, 5.74) is 1.99. The molecule has 0 aliphatic rings. The van der Waals surface area contributed by atoms with Gasteiger partial charge in [0.15, 0.2) is 0 Å². The highest BCUT2D eigenvalue weighted by molar-refractivity contribution is 7.93. The van der Waals surface area contributed by atoms with Crippen LogP contribution in [-0.2, 0) is 22.9 Å². The van der Waals surface area contributed by atoms with Crippen LogP contribution in [0.5, 0.6) is 0 Å². The molecule has 2 N–H and O–H groups in total. The third-order valence-electron chi connectivity index (χ3n) is 2.99. The van der Waals surface area contributed by atoms with Crippen molar-refractivity contribution in [1.82, 2.24) is 0 Å². The summed E-state index contributed by atoms with van der Waals surface area (Å²) in [5.74, 6) is 0. The number of allylic oxidation sites excluding steroid dienone is 2. The van der Waals surface area contributed by atoms with E-state index in [1.54, 1.807) is 6.08 Å². The topological polar surface area (TPSA) is 60.2 Å². The van der Waals surface area contributed by atoms with Crippen molar-refractivity contribution in [1.29, 1.82) is 0 Å². The van der Waals surface area contributed by atoms with Gasteiger partial charge in [0.1, 0.15) is 0 Å². The number of sulfonamides is 1. The van der Waals surface area contributed by atoms with Crippen LogP contribution in [-0.4, -0.2) is 8.42 Å². The minimum Gasteiger partial charge on any atom is -0.225 e. The van der Waals surface area contributed by atoms with Crippen molar-refractivity contribution >= 4 is 10.0 Å². The lowest BCUT2D eigenvalue weighted by Gasteiger charge is -2.06. The Balaban J connectivity index is 2.21. The van der Waals surface area contributed by atoms with E-state index in [1.165, 1.54) is 0 Å². The minimum atomic E-state index is -3.67. The summed E-state index contributed by atoms with van der Waals surface area (Å²) < 4.78 is 23.3. The molecular formula is C16H17NO2S. The Morgan fingerprint density at radius 1 is 0.900 bits per heavy atom. The molecule has 2 aromatic rings. The maximum Gasteiger partial charge on any atom is 0.234 e. The average molecular weight is 287 g/mol. The van der Waals surface area contributed by atoms with Crippen molar-refractivity contribution in [3.05, 3.63) is 82.8 Å². The Morgan fingerprint density at radius 2 is 1.40 bits per heavy atom. The molecule has 0 radical (unpaired) electrons. The quantitative estimate of drug-likeness (QED) is 0.919. The van der Waals surface area contributed by atoms with Gasteiger partial charge in [0.05, 0.1) is 4.91 Å². The predicted octanol–water partition coefficient (Wildman–Crippen LogP) is 2.64. The van der Waals surface area contributed by atoms with Gasteiger partial charge >= 0.3 is 0 Å². The van der Waals surface area contributed by atoms with Gasteiger partial charge in [-0.2, -0.15) is 0 Å². The molecule has 0 aliphatic carbocycles. The molecular weight excluding hydrogens is 270 g/mol. The lowest BCUT2D eigenvalue weighted by molar-refractivity contribution is 0.602. The summed E-state index contributed by atoms with van der Waals surface area (Å²) in [6.45, 7) is 0. The number of nitrogens with two attached hydrogens (primary N) is 1. The van der Waals surface area contributed by atoms with Crippen LogP contribution in [0.4, 0.5) is 0 Å². The van der Waals surface area contributed by atoms with E-state index in [9.17, 15) is 8.42 Å². The van der Waals surface area contributed by atoms with E-state index in [-0.39, 0.29) is 4.91 Å². The van der Waals surface area contributed by atoms with Gasteiger partial charge < -0.3 is 0 Å². The lowest BCUT2D eigenvalue weighted by atomic mass is 10.1. The minimum absolute atomic E-state index is 0.257. The monoisotopic (exact) mass is 287 g/mol. The fourth-order valence-electron chi connectivity index (χ4n) is 1.93. The van der Waals surface area contributed by atoms with Crippen LogP contribution in [0.3, 0.4) is 0 Å². The fraction of sp³-hybridized carbons (Fsp3) is 0.125. The van der Waals surface area contributed by atoms with E-state index in [4.69, 9.17) is 5.14 Å². The van der Waals surface area contributed by atoms with E-state index in [1.807, 2.05) is 60.7 Å². The summed E-state index contributed by atoms with van der Waals surface area (Å²) in [6.07, 6.45) is 2.57. The predicted molar refractivity (Wildman–Crippen MR) is 81.5 cm³/mol. The molecule has 2 aromatic carbocycles. The number of primary sulfonamides is 1. The summed E-state index contributed by atoms with van der Waals surface area (Å²) in [6, 6.07) is 19.1. The van der Waals surface area contributed by atoms with Crippen molar-refractivity contribution in [2.45, 2.75) is 12.8 Å². The second-order valence-corrected chi connectivity index (χ2v) is 6.18. The summed E-state index contributed by atoms with van der Waals surface area (Å²) >= 11 is 0. The van der Waals surface area contributed by atoms with E-state index in [2.05, 4.69) is 0 Å². The highest BCUT2D eigenvalue weighted by Crippen LogP contribution is 2.13. The molecule has 0 heterocycles. The maximum absolute atomic E-state index is 11.7. The molecule has 0 atom stereocenters. The molecule has 4 heteroatoms. The van der Waals surface area contributed by atoms with Crippen LogP contribution >= 0.6 is 0 Å². The van der Waals surface area contributed by atoms with Gasteiger partial charge in [-0.1, -0.05) is 66.7 Å². The molecule has 2 rings (SSSR count). The van der Waals surface area contributed by atoms with Crippen molar-refractivity contribution in [3.8, 4) is 0 Å². The second kappa shape index (κ2) is 6.50. The molecule has 0 spiro atoms. The molecule has 0 saturated heterocycles.